The normalized spacial score (nSPS) is 13.0. The van der Waals surface area contributed by atoms with E-state index in [0.717, 1.165) is 12.5 Å². The van der Waals surface area contributed by atoms with Crippen molar-refractivity contribution in [2.45, 2.75) is 66.5 Å². The fraction of sp³-hybridized carbons (Fsp3) is 0.647. The molecule has 0 aromatic heterocycles. The van der Waals surface area contributed by atoms with Gasteiger partial charge in [-0.15, -0.1) is 0 Å². The van der Waals surface area contributed by atoms with E-state index >= 15 is 0 Å². The van der Waals surface area contributed by atoms with E-state index in [1.54, 1.807) is 0 Å². The minimum Gasteiger partial charge on any atom is -0.310 e. The first kappa shape index (κ1) is 15.2. The van der Waals surface area contributed by atoms with Crippen molar-refractivity contribution in [2.24, 2.45) is 5.92 Å². The number of nitrogens with one attached hydrogen (secondary N) is 1. The van der Waals surface area contributed by atoms with Crippen molar-refractivity contribution >= 4 is 0 Å². The van der Waals surface area contributed by atoms with E-state index in [4.69, 9.17) is 0 Å². The first-order valence-corrected chi connectivity index (χ1v) is 7.28. The molecule has 0 radical (unpaired) electrons. The van der Waals surface area contributed by atoms with Crippen molar-refractivity contribution in [1.82, 2.24) is 5.32 Å². The predicted octanol–water partition coefficient (Wildman–Crippen LogP) is 4.61. The molecular weight excluding hydrogens is 218 g/mol. The Hall–Kier alpha value is -0.820. The van der Waals surface area contributed by atoms with Gasteiger partial charge in [-0.25, -0.2) is 0 Å². The Labute approximate surface area is 113 Å². The molecule has 1 heteroatoms. The summed E-state index contributed by atoms with van der Waals surface area (Å²) in [6.07, 6.45) is 3.96. The molecular formula is C17H29N. The molecule has 1 aromatic rings. The van der Waals surface area contributed by atoms with E-state index in [1.807, 2.05) is 0 Å². The second-order valence-corrected chi connectivity index (χ2v) is 6.10. The lowest BCUT2D eigenvalue weighted by molar-refractivity contribution is 0.457. The van der Waals surface area contributed by atoms with Crippen LogP contribution in [0, 0.1) is 19.8 Å². The second-order valence-electron chi connectivity index (χ2n) is 6.10. The molecule has 0 aliphatic rings. The zero-order chi connectivity index (χ0) is 13.5. The lowest BCUT2D eigenvalue weighted by Crippen LogP contribution is -2.25. The van der Waals surface area contributed by atoms with Gasteiger partial charge in [0.2, 0.25) is 0 Å². The first-order chi connectivity index (χ1) is 8.47. The molecule has 0 amide bonds. The Morgan fingerprint density at radius 3 is 2.11 bits per heavy atom. The van der Waals surface area contributed by atoms with Crippen LogP contribution in [0.3, 0.4) is 0 Å². The SMILES string of the molecule is Cc1cc(C)cc(CNC(C)CCCC(C)C)c1. The van der Waals surface area contributed by atoms with Gasteiger partial charge in [0.15, 0.2) is 0 Å². The van der Waals surface area contributed by atoms with Crippen LogP contribution in [0.4, 0.5) is 0 Å². The Kier molecular flexibility index (Phi) is 6.42. The first-order valence-electron chi connectivity index (χ1n) is 7.28. The van der Waals surface area contributed by atoms with Gasteiger partial charge in [0.05, 0.1) is 0 Å². The highest BCUT2D eigenvalue weighted by atomic mass is 14.9. The minimum atomic E-state index is 0.615. The van der Waals surface area contributed by atoms with Crippen LogP contribution in [0.15, 0.2) is 18.2 Å². The van der Waals surface area contributed by atoms with Crippen molar-refractivity contribution in [3.05, 3.63) is 34.9 Å². The Morgan fingerprint density at radius 2 is 1.56 bits per heavy atom. The van der Waals surface area contributed by atoms with E-state index in [0.29, 0.717) is 6.04 Å². The van der Waals surface area contributed by atoms with Crippen molar-refractivity contribution < 1.29 is 0 Å². The predicted molar refractivity (Wildman–Crippen MR) is 80.9 cm³/mol. The van der Waals surface area contributed by atoms with Crippen LogP contribution < -0.4 is 5.32 Å². The van der Waals surface area contributed by atoms with Gasteiger partial charge < -0.3 is 5.32 Å². The van der Waals surface area contributed by atoms with Crippen LogP contribution in [0.25, 0.3) is 0 Å². The minimum absolute atomic E-state index is 0.615. The zero-order valence-electron chi connectivity index (χ0n) is 12.7. The third kappa shape index (κ3) is 6.20. The summed E-state index contributed by atoms with van der Waals surface area (Å²) in [5.74, 6) is 0.830. The summed E-state index contributed by atoms with van der Waals surface area (Å²) in [5.41, 5.74) is 4.13. The maximum Gasteiger partial charge on any atom is 0.0208 e. The number of aryl methyl sites for hydroxylation is 2. The Morgan fingerprint density at radius 1 is 0.944 bits per heavy atom. The summed E-state index contributed by atoms with van der Waals surface area (Å²) in [4.78, 5) is 0. The molecule has 0 bridgehead atoms. The highest BCUT2D eigenvalue weighted by Gasteiger charge is 2.03. The van der Waals surface area contributed by atoms with Crippen molar-refractivity contribution in [1.29, 1.82) is 0 Å². The smallest absolute Gasteiger partial charge is 0.0208 e. The van der Waals surface area contributed by atoms with E-state index in [9.17, 15) is 0 Å². The fourth-order valence-corrected chi connectivity index (χ4v) is 2.40. The van der Waals surface area contributed by atoms with Crippen molar-refractivity contribution in [3.8, 4) is 0 Å². The standard InChI is InChI=1S/C17H29N/c1-13(2)7-6-8-16(5)18-12-17-10-14(3)9-15(4)11-17/h9-11,13,16,18H,6-8,12H2,1-5H3. The van der Waals surface area contributed by atoms with Gasteiger partial charge in [-0.3, -0.25) is 0 Å². The Bertz CT molecular complexity index is 334. The monoisotopic (exact) mass is 247 g/mol. The zero-order valence-corrected chi connectivity index (χ0v) is 12.7. The van der Waals surface area contributed by atoms with E-state index in [1.165, 1.54) is 36.0 Å². The molecule has 1 nitrogen and oxygen atoms in total. The van der Waals surface area contributed by atoms with E-state index in [-0.39, 0.29) is 0 Å². The average Bonchev–Trinajstić information content (AvgIpc) is 2.24. The van der Waals surface area contributed by atoms with E-state index < -0.39 is 0 Å². The third-order valence-corrected chi connectivity index (χ3v) is 3.35. The molecule has 1 unspecified atom stereocenters. The molecule has 0 aliphatic carbocycles. The summed E-state index contributed by atoms with van der Waals surface area (Å²) in [5, 5.41) is 3.63. The van der Waals surface area contributed by atoms with Crippen LogP contribution in [0.1, 0.15) is 56.7 Å². The molecule has 0 aliphatic heterocycles. The quantitative estimate of drug-likeness (QED) is 0.742. The molecule has 0 heterocycles. The number of benzene rings is 1. The van der Waals surface area contributed by atoms with Gasteiger partial charge in [-0.2, -0.15) is 0 Å². The molecule has 102 valence electrons. The third-order valence-electron chi connectivity index (χ3n) is 3.35. The molecule has 0 saturated carbocycles. The molecule has 1 atom stereocenters. The summed E-state index contributed by atoms with van der Waals surface area (Å²) < 4.78 is 0. The summed E-state index contributed by atoms with van der Waals surface area (Å²) in [6.45, 7) is 12.2. The molecule has 0 fully saturated rings. The molecule has 1 rings (SSSR count). The number of hydrogen-bond acceptors (Lipinski definition) is 1. The molecule has 18 heavy (non-hydrogen) atoms. The average molecular weight is 247 g/mol. The van der Waals surface area contributed by atoms with Crippen molar-refractivity contribution in [2.75, 3.05) is 0 Å². The molecule has 1 aromatic carbocycles. The van der Waals surface area contributed by atoms with Gasteiger partial charge in [0.1, 0.15) is 0 Å². The largest absolute Gasteiger partial charge is 0.310 e. The van der Waals surface area contributed by atoms with Crippen LogP contribution in [0.2, 0.25) is 0 Å². The molecule has 0 saturated heterocycles. The lowest BCUT2D eigenvalue weighted by Gasteiger charge is -2.15. The fourth-order valence-electron chi connectivity index (χ4n) is 2.40. The highest BCUT2D eigenvalue weighted by Crippen LogP contribution is 2.11. The van der Waals surface area contributed by atoms with Gasteiger partial charge in [0.25, 0.3) is 0 Å². The summed E-state index contributed by atoms with van der Waals surface area (Å²) >= 11 is 0. The summed E-state index contributed by atoms with van der Waals surface area (Å²) in [6, 6.07) is 7.40. The van der Waals surface area contributed by atoms with Gasteiger partial charge in [-0.1, -0.05) is 56.0 Å². The van der Waals surface area contributed by atoms with Gasteiger partial charge >= 0.3 is 0 Å². The molecule has 1 N–H and O–H groups in total. The second kappa shape index (κ2) is 7.58. The Balaban J connectivity index is 2.31. The van der Waals surface area contributed by atoms with Crippen LogP contribution in [-0.4, -0.2) is 6.04 Å². The van der Waals surface area contributed by atoms with Crippen LogP contribution >= 0.6 is 0 Å². The maximum absolute atomic E-state index is 3.63. The topological polar surface area (TPSA) is 12.0 Å². The number of hydrogen-bond donors (Lipinski definition) is 1. The summed E-state index contributed by atoms with van der Waals surface area (Å²) in [7, 11) is 0. The molecule has 0 spiro atoms. The van der Waals surface area contributed by atoms with Gasteiger partial charge in [-0.05, 0) is 38.7 Å². The van der Waals surface area contributed by atoms with Gasteiger partial charge in [0, 0.05) is 12.6 Å². The van der Waals surface area contributed by atoms with Crippen molar-refractivity contribution in [3.63, 3.8) is 0 Å². The number of rotatable bonds is 7. The maximum atomic E-state index is 3.63. The highest BCUT2D eigenvalue weighted by molar-refractivity contribution is 5.28. The van der Waals surface area contributed by atoms with Crippen LogP contribution in [0.5, 0.6) is 0 Å². The van der Waals surface area contributed by atoms with Crippen LogP contribution in [-0.2, 0) is 6.54 Å². The van der Waals surface area contributed by atoms with E-state index in [2.05, 4.69) is 58.1 Å². The lowest BCUT2D eigenvalue weighted by atomic mass is 10.0.